The standard InChI is InChI=1S/C12H21N3O/c1-14-7-3-5-12(16,10-14)6-4-11-8-13-15(2)9-11/h8-9,16H,3-7,10H2,1-2H3. The quantitative estimate of drug-likeness (QED) is 0.824. The van der Waals surface area contributed by atoms with E-state index in [0.717, 1.165) is 38.8 Å². The number of piperidine rings is 1. The number of likely N-dealkylation sites (N-methyl/N-ethyl adjacent to an activating group) is 1. The van der Waals surface area contributed by atoms with Gasteiger partial charge in [-0.15, -0.1) is 0 Å². The Bertz CT molecular complexity index is 350. The van der Waals surface area contributed by atoms with Gasteiger partial charge in [0.1, 0.15) is 0 Å². The van der Waals surface area contributed by atoms with Gasteiger partial charge in [0.15, 0.2) is 0 Å². The minimum absolute atomic E-state index is 0.497. The molecule has 1 fully saturated rings. The van der Waals surface area contributed by atoms with Gasteiger partial charge in [-0.1, -0.05) is 0 Å². The van der Waals surface area contributed by atoms with Crippen molar-refractivity contribution in [2.24, 2.45) is 7.05 Å². The molecule has 2 rings (SSSR count). The molecule has 2 heterocycles. The number of aryl methyl sites for hydroxylation is 2. The van der Waals surface area contributed by atoms with Gasteiger partial charge < -0.3 is 10.0 Å². The van der Waals surface area contributed by atoms with Crippen LogP contribution in [0.3, 0.4) is 0 Å². The van der Waals surface area contributed by atoms with Crippen molar-refractivity contribution in [3.05, 3.63) is 18.0 Å². The number of rotatable bonds is 3. The van der Waals surface area contributed by atoms with E-state index in [2.05, 4.69) is 17.0 Å². The highest BCUT2D eigenvalue weighted by Gasteiger charge is 2.31. The van der Waals surface area contributed by atoms with Gasteiger partial charge in [0.05, 0.1) is 11.8 Å². The number of hydrogen-bond acceptors (Lipinski definition) is 3. The lowest BCUT2D eigenvalue weighted by Crippen LogP contribution is -2.46. The van der Waals surface area contributed by atoms with E-state index in [1.165, 1.54) is 5.56 Å². The zero-order chi connectivity index (χ0) is 11.6. The Morgan fingerprint density at radius 2 is 2.31 bits per heavy atom. The summed E-state index contributed by atoms with van der Waals surface area (Å²) >= 11 is 0. The van der Waals surface area contributed by atoms with Crippen LogP contribution in [-0.2, 0) is 13.5 Å². The fraction of sp³-hybridized carbons (Fsp3) is 0.750. The van der Waals surface area contributed by atoms with Gasteiger partial charge in [0.2, 0.25) is 0 Å². The summed E-state index contributed by atoms with van der Waals surface area (Å²) in [4.78, 5) is 2.22. The van der Waals surface area contributed by atoms with Crippen LogP contribution < -0.4 is 0 Å². The number of likely N-dealkylation sites (tertiary alicyclic amines) is 1. The zero-order valence-electron chi connectivity index (χ0n) is 10.2. The fourth-order valence-corrected chi connectivity index (χ4v) is 2.52. The van der Waals surface area contributed by atoms with E-state index < -0.39 is 5.60 Å². The van der Waals surface area contributed by atoms with Crippen molar-refractivity contribution in [2.45, 2.75) is 31.3 Å². The van der Waals surface area contributed by atoms with E-state index >= 15 is 0 Å². The molecule has 1 unspecified atom stereocenters. The van der Waals surface area contributed by atoms with Crippen LogP contribution in [0.5, 0.6) is 0 Å². The highest BCUT2D eigenvalue weighted by atomic mass is 16.3. The lowest BCUT2D eigenvalue weighted by molar-refractivity contribution is -0.0291. The summed E-state index contributed by atoms with van der Waals surface area (Å²) in [6.07, 6.45) is 7.69. The average molecular weight is 223 g/mol. The second-order valence-electron chi connectivity index (χ2n) is 5.09. The van der Waals surface area contributed by atoms with Crippen LogP contribution in [-0.4, -0.2) is 45.5 Å². The normalized spacial score (nSPS) is 27.2. The van der Waals surface area contributed by atoms with Gasteiger partial charge >= 0.3 is 0 Å². The summed E-state index contributed by atoms with van der Waals surface area (Å²) in [6.45, 7) is 1.91. The molecule has 0 amide bonds. The van der Waals surface area contributed by atoms with E-state index in [0.29, 0.717) is 0 Å². The summed E-state index contributed by atoms with van der Waals surface area (Å²) in [6, 6.07) is 0. The second kappa shape index (κ2) is 4.55. The predicted octanol–water partition coefficient (Wildman–Crippen LogP) is 0.809. The largest absolute Gasteiger partial charge is 0.389 e. The number of β-amino-alcohol motifs (C(OH)–C–C–N with tert-alkyl or cyclic N) is 1. The molecule has 1 N–H and O–H groups in total. The molecule has 0 saturated carbocycles. The molecule has 1 saturated heterocycles. The van der Waals surface area contributed by atoms with Gasteiger partial charge in [0.25, 0.3) is 0 Å². The van der Waals surface area contributed by atoms with Crippen molar-refractivity contribution in [1.29, 1.82) is 0 Å². The number of hydrogen-bond donors (Lipinski definition) is 1. The van der Waals surface area contributed by atoms with E-state index in [9.17, 15) is 5.11 Å². The molecule has 1 aliphatic rings. The minimum atomic E-state index is -0.497. The lowest BCUT2D eigenvalue weighted by Gasteiger charge is -2.37. The average Bonchev–Trinajstić information content (AvgIpc) is 2.61. The van der Waals surface area contributed by atoms with E-state index in [1.807, 2.05) is 24.1 Å². The monoisotopic (exact) mass is 223 g/mol. The molecule has 1 aromatic rings. The Hall–Kier alpha value is -0.870. The molecule has 90 valence electrons. The van der Waals surface area contributed by atoms with Crippen molar-refractivity contribution in [3.8, 4) is 0 Å². The van der Waals surface area contributed by atoms with Crippen molar-refractivity contribution >= 4 is 0 Å². The van der Waals surface area contributed by atoms with E-state index in [1.54, 1.807) is 0 Å². The Kier molecular flexibility index (Phi) is 3.30. The maximum atomic E-state index is 10.4. The molecule has 0 radical (unpaired) electrons. The third-order valence-electron chi connectivity index (χ3n) is 3.38. The molecule has 4 nitrogen and oxygen atoms in total. The molecule has 0 spiro atoms. The summed E-state index contributed by atoms with van der Waals surface area (Å²) in [7, 11) is 4.00. The molecular weight excluding hydrogens is 202 g/mol. The van der Waals surface area contributed by atoms with E-state index in [-0.39, 0.29) is 0 Å². The number of nitrogens with zero attached hydrogens (tertiary/aromatic N) is 3. The van der Waals surface area contributed by atoms with Crippen LogP contribution in [0.1, 0.15) is 24.8 Å². The van der Waals surface area contributed by atoms with Gasteiger partial charge in [0, 0.05) is 19.8 Å². The summed E-state index contributed by atoms with van der Waals surface area (Å²) in [5.74, 6) is 0. The summed E-state index contributed by atoms with van der Waals surface area (Å²) < 4.78 is 1.81. The first-order chi connectivity index (χ1) is 7.57. The predicted molar refractivity (Wildman–Crippen MR) is 63.2 cm³/mol. The number of aromatic nitrogens is 2. The molecular formula is C12H21N3O. The molecule has 1 aliphatic heterocycles. The third kappa shape index (κ3) is 2.83. The van der Waals surface area contributed by atoms with Crippen molar-refractivity contribution < 1.29 is 5.11 Å². The third-order valence-corrected chi connectivity index (χ3v) is 3.38. The van der Waals surface area contributed by atoms with Crippen LogP contribution in [0.15, 0.2) is 12.4 Å². The molecule has 1 aromatic heterocycles. The maximum Gasteiger partial charge on any atom is 0.0777 e. The second-order valence-corrected chi connectivity index (χ2v) is 5.09. The molecule has 0 aromatic carbocycles. The lowest BCUT2D eigenvalue weighted by atomic mass is 9.88. The van der Waals surface area contributed by atoms with Crippen LogP contribution in [0.25, 0.3) is 0 Å². The molecule has 0 bridgehead atoms. The maximum absolute atomic E-state index is 10.4. The molecule has 4 heteroatoms. The first-order valence-corrected chi connectivity index (χ1v) is 5.96. The van der Waals surface area contributed by atoms with Crippen LogP contribution in [0, 0.1) is 0 Å². The Balaban J connectivity index is 1.88. The molecule has 1 atom stereocenters. The summed E-state index contributed by atoms with van der Waals surface area (Å²) in [5, 5.41) is 14.6. The SMILES string of the molecule is CN1CCCC(O)(CCc2cnn(C)c2)C1. The topological polar surface area (TPSA) is 41.3 Å². The minimum Gasteiger partial charge on any atom is -0.389 e. The first-order valence-electron chi connectivity index (χ1n) is 5.96. The van der Waals surface area contributed by atoms with Crippen molar-refractivity contribution in [2.75, 3.05) is 20.1 Å². The van der Waals surface area contributed by atoms with E-state index in [4.69, 9.17) is 0 Å². The highest BCUT2D eigenvalue weighted by molar-refractivity contribution is 5.05. The van der Waals surface area contributed by atoms with Gasteiger partial charge in [-0.2, -0.15) is 5.10 Å². The Labute approximate surface area is 96.9 Å². The summed E-state index contributed by atoms with van der Waals surface area (Å²) in [5.41, 5.74) is 0.715. The van der Waals surface area contributed by atoms with Crippen molar-refractivity contribution in [1.82, 2.24) is 14.7 Å². The fourth-order valence-electron chi connectivity index (χ4n) is 2.52. The van der Waals surface area contributed by atoms with Gasteiger partial charge in [-0.3, -0.25) is 4.68 Å². The van der Waals surface area contributed by atoms with Crippen LogP contribution in [0.4, 0.5) is 0 Å². The van der Waals surface area contributed by atoms with Gasteiger partial charge in [-0.05, 0) is 44.8 Å². The first kappa shape index (κ1) is 11.6. The number of aliphatic hydroxyl groups is 1. The molecule has 0 aliphatic carbocycles. The smallest absolute Gasteiger partial charge is 0.0777 e. The van der Waals surface area contributed by atoms with Crippen molar-refractivity contribution in [3.63, 3.8) is 0 Å². The van der Waals surface area contributed by atoms with Crippen LogP contribution in [0.2, 0.25) is 0 Å². The zero-order valence-corrected chi connectivity index (χ0v) is 10.2. The Morgan fingerprint density at radius 1 is 1.50 bits per heavy atom. The molecule has 16 heavy (non-hydrogen) atoms. The highest BCUT2D eigenvalue weighted by Crippen LogP contribution is 2.25. The Morgan fingerprint density at radius 3 is 2.94 bits per heavy atom. The van der Waals surface area contributed by atoms with Gasteiger partial charge in [-0.25, -0.2) is 0 Å². The van der Waals surface area contributed by atoms with Crippen LogP contribution >= 0.6 is 0 Å².